The van der Waals surface area contributed by atoms with Crippen LogP contribution in [0.4, 0.5) is 5.82 Å². The molecule has 3 heterocycles. The summed E-state index contributed by atoms with van der Waals surface area (Å²) in [5.74, 6) is 2.09. The van der Waals surface area contributed by atoms with Crippen molar-refractivity contribution in [2.75, 3.05) is 7.11 Å². The molecule has 0 saturated heterocycles. The van der Waals surface area contributed by atoms with Crippen LogP contribution < -0.4 is 15.0 Å². The number of nitrogens with zero attached hydrogens (tertiary/aromatic N) is 2. The molecule has 1 aliphatic rings. The predicted octanol–water partition coefficient (Wildman–Crippen LogP) is 2.94. The summed E-state index contributed by atoms with van der Waals surface area (Å²) in [6, 6.07) is 11.0. The van der Waals surface area contributed by atoms with Crippen molar-refractivity contribution < 1.29 is 9.47 Å². The van der Waals surface area contributed by atoms with E-state index in [9.17, 15) is 4.79 Å². The molecule has 0 spiro atoms. The Morgan fingerprint density at radius 2 is 1.92 bits per heavy atom. The number of aliphatic imine (C=N–C) groups is 1. The van der Waals surface area contributed by atoms with Crippen LogP contribution in [-0.2, 0) is 6.61 Å². The van der Waals surface area contributed by atoms with Crippen molar-refractivity contribution in [1.29, 1.82) is 0 Å². The molecule has 0 radical (unpaired) electrons. The van der Waals surface area contributed by atoms with Gasteiger partial charge in [-0.3, -0.25) is 15.0 Å². The fourth-order valence-corrected chi connectivity index (χ4v) is 2.69. The average molecular weight is 348 g/mol. The van der Waals surface area contributed by atoms with E-state index in [2.05, 4.69) is 20.2 Å². The number of ether oxygens (including phenoxy) is 2. The van der Waals surface area contributed by atoms with E-state index < -0.39 is 0 Å². The fraction of sp³-hybridized carbons (Fsp3) is 0.105. The van der Waals surface area contributed by atoms with Gasteiger partial charge in [0, 0.05) is 23.5 Å². The van der Waals surface area contributed by atoms with Gasteiger partial charge >= 0.3 is 0 Å². The van der Waals surface area contributed by atoms with Crippen molar-refractivity contribution in [3.8, 4) is 11.5 Å². The molecule has 3 aromatic rings. The third-order valence-corrected chi connectivity index (χ3v) is 4.06. The summed E-state index contributed by atoms with van der Waals surface area (Å²) in [5, 5.41) is 5.48. The Kier molecular flexibility index (Phi) is 4.10. The third-order valence-electron chi connectivity index (χ3n) is 4.06. The molecule has 2 aromatic heterocycles. The summed E-state index contributed by atoms with van der Waals surface area (Å²) in [5.41, 5.74) is 2.69. The minimum atomic E-state index is -0.212. The molecular formula is C19H16N4O3. The number of benzene rings is 1. The Hall–Kier alpha value is -3.61. The number of nitrogens with one attached hydrogen (secondary N) is 2. The highest BCUT2D eigenvalue weighted by Crippen LogP contribution is 2.30. The van der Waals surface area contributed by atoms with E-state index in [1.54, 1.807) is 25.6 Å². The van der Waals surface area contributed by atoms with Crippen molar-refractivity contribution in [2.24, 2.45) is 4.99 Å². The SMILES string of the molecule is COc1ccc(OCc2[nH][nH]c(=O)c2C=C2C=Nc3ncccc32)cc1. The van der Waals surface area contributed by atoms with Crippen molar-refractivity contribution in [3.63, 3.8) is 0 Å². The van der Waals surface area contributed by atoms with Crippen LogP contribution in [0.1, 0.15) is 16.8 Å². The highest BCUT2D eigenvalue weighted by molar-refractivity contribution is 6.20. The first-order valence-electron chi connectivity index (χ1n) is 8.02. The number of hydrogen-bond donors (Lipinski definition) is 2. The van der Waals surface area contributed by atoms with E-state index in [1.165, 1.54) is 0 Å². The van der Waals surface area contributed by atoms with Crippen LogP contribution in [0.2, 0.25) is 0 Å². The van der Waals surface area contributed by atoms with Gasteiger partial charge in [0.05, 0.1) is 18.4 Å². The largest absolute Gasteiger partial charge is 0.497 e. The summed E-state index contributed by atoms with van der Waals surface area (Å²) in [6.45, 7) is 0.223. The predicted molar refractivity (Wildman–Crippen MR) is 99.0 cm³/mol. The lowest BCUT2D eigenvalue weighted by molar-refractivity contribution is 0.300. The maximum atomic E-state index is 12.2. The van der Waals surface area contributed by atoms with Gasteiger partial charge in [0.25, 0.3) is 5.56 Å². The topological polar surface area (TPSA) is 92.4 Å². The Morgan fingerprint density at radius 1 is 1.12 bits per heavy atom. The first kappa shape index (κ1) is 15.9. The normalized spacial score (nSPS) is 13.8. The second kappa shape index (κ2) is 6.72. The highest BCUT2D eigenvalue weighted by atomic mass is 16.5. The number of pyridine rings is 1. The molecule has 7 heteroatoms. The van der Waals surface area contributed by atoms with E-state index in [0.29, 0.717) is 22.8 Å². The zero-order valence-corrected chi connectivity index (χ0v) is 14.0. The number of aromatic amines is 2. The highest BCUT2D eigenvalue weighted by Gasteiger charge is 2.15. The molecule has 0 saturated carbocycles. The first-order chi connectivity index (χ1) is 12.7. The maximum Gasteiger partial charge on any atom is 0.271 e. The summed E-state index contributed by atoms with van der Waals surface area (Å²) < 4.78 is 10.9. The second-order valence-corrected chi connectivity index (χ2v) is 5.67. The van der Waals surface area contributed by atoms with Gasteiger partial charge in [0.2, 0.25) is 0 Å². The number of rotatable bonds is 5. The average Bonchev–Trinajstić information content (AvgIpc) is 3.25. The van der Waals surface area contributed by atoms with E-state index in [4.69, 9.17) is 9.47 Å². The molecule has 130 valence electrons. The van der Waals surface area contributed by atoms with Gasteiger partial charge in [0.1, 0.15) is 18.1 Å². The second-order valence-electron chi connectivity index (χ2n) is 5.67. The summed E-state index contributed by atoms with van der Waals surface area (Å²) >= 11 is 0. The molecule has 0 fully saturated rings. The summed E-state index contributed by atoms with van der Waals surface area (Å²) in [6.07, 6.45) is 5.19. The van der Waals surface area contributed by atoms with Crippen LogP contribution in [0.5, 0.6) is 11.5 Å². The van der Waals surface area contributed by atoms with Crippen LogP contribution in [0.25, 0.3) is 11.6 Å². The molecule has 0 unspecified atom stereocenters. The van der Waals surface area contributed by atoms with Gasteiger partial charge < -0.3 is 9.47 Å². The van der Waals surface area contributed by atoms with Gasteiger partial charge in [0.15, 0.2) is 5.82 Å². The molecule has 1 aromatic carbocycles. The van der Waals surface area contributed by atoms with Crippen LogP contribution in [-0.4, -0.2) is 28.5 Å². The lowest BCUT2D eigenvalue weighted by Gasteiger charge is -2.06. The molecule has 0 bridgehead atoms. The zero-order valence-electron chi connectivity index (χ0n) is 14.0. The smallest absolute Gasteiger partial charge is 0.271 e. The quantitative estimate of drug-likeness (QED) is 0.741. The Balaban J connectivity index is 1.57. The number of aromatic nitrogens is 3. The molecular weight excluding hydrogens is 332 g/mol. The number of hydrogen-bond acceptors (Lipinski definition) is 5. The molecule has 7 nitrogen and oxygen atoms in total. The van der Waals surface area contributed by atoms with E-state index in [-0.39, 0.29) is 12.2 Å². The van der Waals surface area contributed by atoms with Gasteiger partial charge in [-0.25, -0.2) is 9.98 Å². The summed E-state index contributed by atoms with van der Waals surface area (Å²) in [4.78, 5) is 20.6. The van der Waals surface area contributed by atoms with Gasteiger partial charge in [-0.2, -0.15) is 0 Å². The van der Waals surface area contributed by atoms with E-state index >= 15 is 0 Å². The van der Waals surface area contributed by atoms with Crippen LogP contribution >= 0.6 is 0 Å². The third kappa shape index (κ3) is 3.02. The molecule has 1 aliphatic heterocycles. The maximum absolute atomic E-state index is 12.2. The number of H-pyrrole nitrogens is 2. The lowest BCUT2D eigenvalue weighted by Crippen LogP contribution is -2.04. The van der Waals surface area contributed by atoms with Crippen LogP contribution in [0, 0.1) is 0 Å². The Bertz CT molecular complexity index is 1050. The molecule has 26 heavy (non-hydrogen) atoms. The molecule has 0 atom stereocenters. The molecule has 2 N–H and O–H groups in total. The Labute approximate surface area is 149 Å². The standard InChI is InChI=1S/C19H16N4O3/c1-25-13-4-6-14(7-5-13)26-11-17-16(19(24)23-22-17)9-12-10-21-18-15(12)3-2-8-20-18/h2-10H,11H2,1H3,(H2,22,23,24). The number of allylic oxidation sites excluding steroid dienone is 1. The van der Waals surface area contributed by atoms with E-state index in [0.717, 1.165) is 16.9 Å². The first-order valence-corrected chi connectivity index (χ1v) is 8.02. The van der Waals surface area contributed by atoms with Crippen LogP contribution in [0.3, 0.4) is 0 Å². The molecule has 4 rings (SSSR count). The van der Waals surface area contributed by atoms with Crippen LogP contribution in [0.15, 0.2) is 52.4 Å². The zero-order chi connectivity index (χ0) is 17.9. The minimum absolute atomic E-state index is 0.212. The Morgan fingerprint density at radius 3 is 2.73 bits per heavy atom. The molecule has 0 aliphatic carbocycles. The number of methoxy groups -OCH3 is 1. The van der Waals surface area contributed by atoms with Crippen molar-refractivity contribution in [3.05, 3.63) is 69.8 Å². The van der Waals surface area contributed by atoms with Crippen molar-refractivity contribution >= 4 is 23.7 Å². The van der Waals surface area contributed by atoms with Gasteiger partial charge in [-0.1, -0.05) is 0 Å². The molecule has 0 amide bonds. The number of fused-ring (bicyclic) bond motifs is 1. The van der Waals surface area contributed by atoms with Crippen molar-refractivity contribution in [1.82, 2.24) is 15.2 Å². The van der Waals surface area contributed by atoms with Gasteiger partial charge in [-0.05, 0) is 42.5 Å². The van der Waals surface area contributed by atoms with Crippen molar-refractivity contribution in [2.45, 2.75) is 6.61 Å². The lowest BCUT2D eigenvalue weighted by atomic mass is 10.1. The van der Waals surface area contributed by atoms with E-state index in [1.807, 2.05) is 36.4 Å². The van der Waals surface area contributed by atoms with Gasteiger partial charge in [-0.15, -0.1) is 0 Å². The monoisotopic (exact) mass is 348 g/mol. The summed E-state index contributed by atoms with van der Waals surface area (Å²) in [7, 11) is 1.61. The fourth-order valence-electron chi connectivity index (χ4n) is 2.69. The minimum Gasteiger partial charge on any atom is -0.497 e.